The minimum absolute atomic E-state index is 0.352. The Hall–Kier alpha value is -0.900. The van der Waals surface area contributed by atoms with Crippen LogP contribution in [0.15, 0.2) is 6.20 Å². The first-order chi connectivity index (χ1) is 5.92. The fourth-order valence-electron chi connectivity index (χ4n) is 2.41. The largest absolute Gasteiger partial charge is 0.316 e. The predicted octanol–water partition coefficient (Wildman–Crippen LogP) is 0.0557. The van der Waals surface area contributed by atoms with Gasteiger partial charge in [0.05, 0.1) is 11.9 Å². The van der Waals surface area contributed by atoms with Gasteiger partial charge in [0.2, 0.25) is 0 Å². The maximum absolute atomic E-state index is 4.18. The first kappa shape index (κ1) is 6.60. The molecule has 1 saturated heterocycles. The minimum atomic E-state index is 0.352. The van der Waals surface area contributed by atoms with Crippen LogP contribution in [0.3, 0.4) is 0 Å². The molecule has 1 aliphatic carbocycles. The van der Waals surface area contributed by atoms with E-state index in [2.05, 4.69) is 20.7 Å². The number of H-pyrrole nitrogens is 1. The lowest BCUT2D eigenvalue weighted by molar-refractivity contribution is 0.439. The molecule has 0 aromatic carbocycles. The van der Waals surface area contributed by atoms with Crippen molar-refractivity contribution < 1.29 is 0 Å². The molecule has 1 aromatic heterocycles. The van der Waals surface area contributed by atoms with Crippen LogP contribution in [0.25, 0.3) is 0 Å². The van der Waals surface area contributed by atoms with Crippen LogP contribution in [0, 0.1) is 5.92 Å². The van der Waals surface area contributed by atoms with Gasteiger partial charge in [-0.2, -0.15) is 15.4 Å². The quantitative estimate of drug-likeness (QED) is 0.617. The second-order valence-corrected chi connectivity index (χ2v) is 3.88. The van der Waals surface area contributed by atoms with Crippen molar-refractivity contribution in [2.24, 2.45) is 5.92 Å². The van der Waals surface area contributed by atoms with Crippen molar-refractivity contribution >= 4 is 0 Å². The van der Waals surface area contributed by atoms with Gasteiger partial charge in [0.15, 0.2) is 0 Å². The summed E-state index contributed by atoms with van der Waals surface area (Å²) in [7, 11) is 0. The highest BCUT2D eigenvalue weighted by Gasteiger charge is 2.57. The Kier molecular flexibility index (Phi) is 1.14. The molecule has 0 radical (unpaired) electrons. The molecule has 2 heterocycles. The highest BCUT2D eigenvalue weighted by molar-refractivity contribution is 5.27. The van der Waals surface area contributed by atoms with E-state index in [1.807, 2.05) is 6.20 Å². The Labute approximate surface area is 70.7 Å². The second kappa shape index (κ2) is 2.07. The van der Waals surface area contributed by atoms with Crippen molar-refractivity contribution in [2.45, 2.75) is 18.3 Å². The predicted molar refractivity (Wildman–Crippen MR) is 43.7 cm³/mol. The number of nitrogens with zero attached hydrogens (tertiary/aromatic N) is 2. The molecule has 2 atom stereocenters. The topological polar surface area (TPSA) is 53.6 Å². The number of hydrogen-bond acceptors (Lipinski definition) is 3. The summed E-state index contributed by atoms with van der Waals surface area (Å²) in [5.41, 5.74) is 1.50. The summed E-state index contributed by atoms with van der Waals surface area (Å²) in [6.07, 6.45) is 4.46. The summed E-state index contributed by atoms with van der Waals surface area (Å²) in [5, 5.41) is 14.2. The highest BCUT2D eigenvalue weighted by Crippen LogP contribution is 2.56. The number of aromatic amines is 1. The Bertz CT molecular complexity index is 281. The van der Waals surface area contributed by atoms with Crippen molar-refractivity contribution in [3.8, 4) is 0 Å². The molecule has 2 aliphatic rings. The van der Waals surface area contributed by atoms with Crippen molar-refractivity contribution in [1.82, 2.24) is 20.7 Å². The monoisotopic (exact) mass is 164 g/mol. The third-order valence-electron chi connectivity index (χ3n) is 3.27. The number of aromatic nitrogens is 3. The molecule has 12 heavy (non-hydrogen) atoms. The lowest BCUT2D eigenvalue weighted by atomic mass is 9.96. The molecular formula is C8H12N4. The Balaban J connectivity index is 1.93. The fraction of sp³-hybridized carbons (Fsp3) is 0.750. The van der Waals surface area contributed by atoms with Gasteiger partial charge >= 0.3 is 0 Å². The summed E-state index contributed by atoms with van der Waals surface area (Å²) < 4.78 is 0. The van der Waals surface area contributed by atoms with Gasteiger partial charge in [0.25, 0.3) is 0 Å². The van der Waals surface area contributed by atoms with E-state index < -0.39 is 0 Å². The van der Waals surface area contributed by atoms with E-state index in [1.165, 1.54) is 19.4 Å². The lowest BCUT2D eigenvalue weighted by Crippen LogP contribution is -2.34. The number of fused-ring (bicyclic) bond motifs is 1. The van der Waals surface area contributed by atoms with Crippen LogP contribution < -0.4 is 5.32 Å². The molecule has 0 spiro atoms. The summed E-state index contributed by atoms with van der Waals surface area (Å²) in [5.74, 6) is 0.865. The highest BCUT2D eigenvalue weighted by atomic mass is 15.3. The van der Waals surface area contributed by atoms with E-state index in [-0.39, 0.29) is 0 Å². The van der Waals surface area contributed by atoms with Crippen LogP contribution in [0.4, 0.5) is 0 Å². The van der Waals surface area contributed by atoms with Gasteiger partial charge in [-0.3, -0.25) is 0 Å². The molecule has 0 bridgehead atoms. The first-order valence-corrected chi connectivity index (χ1v) is 4.49. The van der Waals surface area contributed by atoms with Gasteiger partial charge in [0, 0.05) is 12.0 Å². The van der Waals surface area contributed by atoms with E-state index >= 15 is 0 Å². The SMILES string of the molecule is c1n[nH]nc1C12CNCCC1C2. The Morgan fingerprint density at radius 1 is 1.58 bits per heavy atom. The maximum atomic E-state index is 4.18. The minimum Gasteiger partial charge on any atom is -0.316 e. The lowest BCUT2D eigenvalue weighted by Gasteiger charge is -2.20. The molecule has 1 aromatic rings. The van der Waals surface area contributed by atoms with Crippen molar-refractivity contribution in [3.63, 3.8) is 0 Å². The molecule has 2 unspecified atom stereocenters. The molecule has 1 aliphatic heterocycles. The van der Waals surface area contributed by atoms with Gasteiger partial charge in [-0.25, -0.2) is 0 Å². The zero-order valence-corrected chi connectivity index (χ0v) is 6.88. The average Bonchev–Trinajstić information content (AvgIpc) is 2.59. The van der Waals surface area contributed by atoms with Crippen LogP contribution in [-0.4, -0.2) is 28.5 Å². The summed E-state index contributed by atoms with van der Waals surface area (Å²) >= 11 is 0. The molecule has 1 saturated carbocycles. The standard InChI is InChI=1S/C8H12N4/c1-2-9-5-8(3-6(1)8)7-4-10-12-11-7/h4,6,9H,1-3,5H2,(H,10,11,12). The molecule has 4 heteroatoms. The molecular weight excluding hydrogens is 152 g/mol. The third kappa shape index (κ3) is 0.705. The summed E-state index contributed by atoms with van der Waals surface area (Å²) in [6.45, 7) is 2.26. The molecule has 2 fully saturated rings. The zero-order valence-electron chi connectivity index (χ0n) is 6.88. The van der Waals surface area contributed by atoms with E-state index in [4.69, 9.17) is 0 Å². The number of rotatable bonds is 1. The first-order valence-electron chi connectivity index (χ1n) is 4.49. The smallest absolute Gasteiger partial charge is 0.0901 e. The van der Waals surface area contributed by atoms with Gasteiger partial charge in [0.1, 0.15) is 0 Å². The normalized spacial score (nSPS) is 39.2. The number of piperidine rings is 1. The van der Waals surface area contributed by atoms with Crippen LogP contribution in [0.5, 0.6) is 0 Å². The third-order valence-corrected chi connectivity index (χ3v) is 3.27. The summed E-state index contributed by atoms with van der Waals surface area (Å²) in [6, 6.07) is 0. The van der Waals surface area contributed by atoms with E-state index in [0.717, 1.165) is 18.2 Å². The van der Waals surface area contributed by atoms with Crippen LogP contribution >= 0.6 is 0 Å². The zero-order chi connectivity index (χ0) is 8.02. The van der Waals surface area contributed by atoms with Crippen molar-refractivity contribution in [2.75, 3.05) is 13.1 Å². The van der Waals surface area contributed by atoms with E-state index in [1.54, 1.807) is 0 Å². The number of nitrogens with one attached hydrogen (secondary N) is 2. The molecule has 4 nitrogen and oxygen atoms in total. The second-order valence-electron chi connectivity index (χ2n) is 3.88. The van der Waals surface area contributed by atoms with E-state index in [0.29, 0.717) is 5.41 Å². The van der Waals surface area contributed by atoms with Gasteiger partial charge in [-0.05, 0) is 25.3 Å². The van der Waals surface area contributed by atoms with Gasteiger partial charge < -0.3 is 5.32 Å². The Morgan fingerprint density at radius 2 is 2.58 bits per heavy atom. The van der Waals surface area contributed by atoms with Crippen LogP contribution in [0.1, 0.15) is 18.5 Å². The molecule has 64 valence electrons. The molecule has 3 rings (SSSR count). The van der Waals surface area contributed by atoms with E-state index in [9.17, 15) is 0 Å². The molecule has 2 N–H and O–H groups in total. The van der Waals surface area contributed by atoms with Gasteiger partial charge in [-0.15, -0.1) is 0 Å². The summed E-state index contributed by atoms with van der Waals surface area (Å²) in [4.78, 5) is 0. The van der Waals surface area contributed by atoms with Crippen molar-refractivity contribution in [3.05, 3.63) is 11.9 Å². The van der Waals surface area contributed by atoms with Crippen LogP contribution in [-0.2, 0) is 5.41 Å². The average molecular weight is 164 g/mol. The maximum Gasteiger partial charge on any atom is 0.0901 e. The molecule has 0 amide bonds. The van der Waals surface area contributed by atoms with Gasteiger partial charge in [-0.1, -0.05) is 0 Å². The van der Waals surface area contributed by atoms with Crippen molar-refractivity contribution in [1.29, 1.82) is 0 Å². The fourth-order valence-corrected chi connectivity index (χ4v) is 2.41. The number of hydrogen-bond donors (Lipinski definition) is 2. The Morgan fingerprint density at radius 3 is 3.33 bits per heavy atom. The van der Waals surface area contributed by atoms with Crippen LogP contribution in [0.2, 0.25) is 0 Å².